The zero-order valence-corrected chi connectivity index (χ0v) is 9.52. The lowest BCUT2D eigenvalue weighted by molar-refractivity contribution is -0.385. The van der Waals surface area contributed by atoms with Crippen LogP contribution < -0.4 is 4.74 Å². The molecular formula is C10H8ClNO5. The Kier molecular flexibility index (Phi) is 2.66. The van der Waals surface area contributed by atoms with Crippen LogP contribution in [0, 0.1) is 17.0 Å². The minimum Gasteiger partial charge on any atom is -0.478 e. The number of halogens is 1. The van der Waals surface area contributed by atoms with Crippen LogP contribution in [0.2, 0.25) is 5.02 Å². The van der Waals surface area contributed by atoms with E-state index in [1.54, 1.807) is 0 Å². The Morgan fingerprint density at radius 2 is 2.35 bits per heavy atom. The molecule has 2 rings (SSSR count). The molecule has 6 nitrogen and oxygen atoms in total. The monoisotopic (exact) mass is 257 g/mol. The summed E-state index contributed by atoms with van der Waals surface area (Å²) < 4.78 is 5.16. The Hall–Kier alpha value is -1.82. The number of nitro benzene ring substituents is 1. The molecule has 1 aliphatic rings. The molecule has 0 radical (unpaired) electrons. The molecule has 0 bridgehead atoms. The average Bonchev–Trinajstić information content (AvgIpc) is 2.67. The van der Waals surface area contributed by atoms with Gasteiger partial charge in [0.05, 0.1) is 9.95 Å². The van der Waals surface area contributed by atoms with Gasteiger partial charge in [-0.1, -0.05) is 11.6 Å². The van der Waals surface area contributed by atoms with Gasteiger partial charge in [-0.2, -0.15) is 0 Å². The lowest BCUT2D eigenvalue weighted by Gasteiger charge is -2.07. The van der Waals surface area contributed by atoms with E-state index >= 15 is 0 Å². The summed E-state index contributed by atoms with van der Waals surface area (Å²) in [4.78, 5) is 21.0. The standard InChI is InChI=1S/C10H8ClNO5/c1-4-6(12(15)16)2-5-3-7(10(13)14)17-9(5)8(4)11/h2,7H,3H2,1H3,(H,13,14). The van der Waals surface area contributed by atoms with Crippen LogP contribution >= 0.6 is 11.6 Å². The molecule has 0 aliphatic carbocycles. The zero-order chi connectivity index (χ0) is 12.7. The van der Waals surface area contributed by atoms with E-state index in [0.717, 1.165) is 0 Å². The maximum absolute atomic E-state index is 10.8. The predicted octanol–water partition coefficient (Wildman–Crippen LogP) is 1.94. The number of benzene rings is 1. The van der Waals surface area contributed by atoms with Crippen LogP contribution in [0.4, 0.5) is 5.69 Å². The largest absolute Gasteiger partial charge is 0.478 e. The summed E-state index contributed by atoms with van der Waals surface area (Å²) in [5.74, 6) is -0.875. The van der Waals surface area contributed by atoms with Gasteiger partial charge in [0.1, 0.15) is 5.75 Å². The molecule has 1 aromatic rings. The molecule has 0 spiro atoms. The van der Waals surface area contributed by atoms with E-state index in [9.17, 15) is 14.9 Å². The van der Waals surface area contributed by atoms with Crippen molar-refractivity contribution in [3.63, 3.8) is 0 Å². The summed E-state index contributed by atoms with van der Waals surface area (Å²) in [6.07, 6.45) is -0.935. The second-order valence-corrected chi connectivity index (χ2v) is 4.11. The first-order valence-electron chi connectivity index (χ1n) is 4.77. The van der Waals surface area contributed by atoms with Crippen LogP contribution in [0.25, 0.3) is 0 Å². The number of hydrogen-bond donors (Lipinski definition) is 1. The summed E-state index contributed by atoms with van der Waals surface area (Å²) >= 11 is 5.94. The molecule has 0 amide bonds. The molecule has 0 aromatic heterocycles. The maximum atomic E-state index is 10.8. The number of nitrogens with zero attached hydrogens (tertiary/aromatic N) is 1. The van der Waals surface area contributed by atoms with Gasteiger partial charge < -0.3 is 9.84 Å². The normalized spacial score (nSPS) is 17.4. The first-order chi connectivity index (χ1) is 7.91. The van der Waals surface area contributed by atoms with Crippen molar-refractivity contribution in [3.05, 3.63) is 32.3 Å². The van der Waals surface area contributed by atoms with E-state index in [1.807, 2.05) is 0 Å². The SMILES string of the molecule is Cc1c([N+](=O)[O-])cc2c(c1Cl)OC(C(=O)O)C2. The minimum atomic E-state index is -1.11. The van der Waals surface area contributed by atoms with Crippen LogP contribution in [-0.2, 0) is 11.2 Å². The smallest absolute Gasteiger partial charge is 0.345 e. The molecule has 1 heterocycles. The second kappa shape index (κ2) is 3.89. The fraction of sp³-hybridized carbons (Fsp3) is 0.300. The molecule has 7 heteroatoms. The van der Waals surface area contributed by atoms with Crippen LogP contribution in [0.15, 0.2) is 6.07 Å². The average molecular weight is 258 g/mol. The van der Waals surface area contributed by atoms with Crippen LogP contribution in [0.5, 0.6) is 5.75 Å². The van der Waals surface area contributed by atoms with E-state index in [2.05, 4.69) is 0 Å². The Bertz CT molecular complexity index is 528. The Morgan fingerprint density at radius 3 is 2.88 bits per heavy atom. The Morgan fingerprint density at radius 1 is 1.71 bits per heavy atom. The maximum Gasteiger partial charge on any atom is 0.345 e. The lowest BCUT2D eigenvalue weighted by Crippen LogP contribution is -2.24. The molecule has 0 fully saturated rings. The molecule has 1 unspecified atom stereocenters. The first-order valence-corrected chi connectivity index (χ1v) is 5.15. The third-order valence-corrected chi connectivity index (χ3v) is 3.11. The number of carbonyl (C=O) groups is 1. The van der Waals surface area contributed by atoms with Gasteiger partial charge >= 0.3 is 5.97 Å². The molecule has 1 aliphatic heterocycles. The van der Waals surface area contributed by atoms with Gasteiger partial charge in [-0.25, -0.2) is 4.79 Å². The number of aliphatic carboxylic acids is 1. The quantitative estimate of drug-likeness (QED) is 0.646. The first kappa shape index (κ1) is 11.7. The number of hydrogen-bond acceptors (Lipinski definition) is 4. The van der Waals surface area contributed by atoms with Crippen LogP contribution in [-0.4, -0.2) is 22.1 Å². The third-order valence-electron chi connectivity index (χ3n) is 2.65. The van der Waals surface area contributed by atoms with Crippen molar-refractivity contribution in [1.82, 2.24) is 0 Å². The number of carboxylic acid groups (broad SMARTS) is 1. The highest BCUT2D eigenvalue weighted by Crippen LogP contribution is 2.42. The summed E-state index contributed by atoms with van der Waals surface area (Å²) in [5.41, 5.74) is 0.615. The fourth-order valence-electron chi connectivity index (χ4n) is 1.75. The molecule has 1 aromatic carbocycles. The predicted molar refractivity (Wildman–Crippen MR) is 58.6 cm³/mol. The number of ether oxygens (including phenoxy) is 1. The summed E-state index contributed by atoms with van der Waals surface area (Å²) in [6, 6.07) is 1.32. The van der Waals surface area contributed by atoms with E-state index in [0.29, 0.717) is 5.56 Å². The van der Waals surface area contributed by atoms with Gasteiger partial charge in [0.25, 0.3) is 5.69 Å². The van der Waals surface area contributed by atoms with E-state index < -0.39 is 17.0 Å². The Balaban J connectivity index is 2.52. The van der Waals surface area contributed by atoms with Gasteiger partial charge in [-0.3, -0.25) is 10.1 Å². The second-order valence-electron chi connectivity index (χ2n) is 3.73. The fourth-order valence-corrected chi connectivity index (χ4v) is 2.02. The van der Waals surface area contributed by atoms with Gasteiger partial charge in [0.2, 0.25) is 0 Å². The molecule has 0 saturated carbocycles. The Labute approximate surface area is 101 Å². The van der Waals surface area contributed by atoms with Crippen molar-refractivity contribution in [2.24, 2.45) is 0 Å². The van der Waals surface area contributed by atoms with Crippen molar-refractivity contribution in [2.45, 2.75) is 19.4 Å². The van der Waals surface area contributed by atoms with E-state index in [4.69, 9.17) is 21.4 Å². The van der Waals surface area contributed by atoms with Crippen molar-refractivity contribution in [2.75, 3.05) is 0 Å². The highest BCUT2D eigenvalue weighted by Gasteiger charge is 2.33. The number of carboxylic acids is 1. The molecule has 17 heavy (non-hydrogen) atoms. The van der Waals surface area contributed by atoms with Crippen LogP contribution in [0.3, 0.4) is 0 Å². The zero-order valence-electron chi connectivity index (χ0n) is 8.77. The van der Waals surface area contributed by atoms with E-state index in [1.165, 1.54) is 13.0 Å². The number of nitro groups is 1. The van der Waals surface area contributed by atoms with Gasteiger partial charge in [-0.15, -0.1) is 0 Å². The highest BCUT2D eigenvalue weighted by atomic mass is 35.5. The van der Waals surface area contributed by atoms with Crippen LogP contribution in [0.1, 0.15) is 11.1 Å². The van der Waals surface area contributed by atoms with Gasteiger partial charge in [0.15, 0.2) is 6.10 Å². The third kappa shape index (κ3) is 1.80. The van der Waals surface area contributed by atoms with Gasteiger partial charge in [0, 0.05) is 23.6 Å². The van der Waals surface area contributed by atoms with E-state index in [-0.39, 0.29) is 28.4 Å². The molecule has 1 atom stereocenters. The summed E-state index contributed by atoms with van der Waals surface area (Å²) in [5, 5.41) is 19.7. The highest BCUT2D eigenvalue weighted by molar-refractivity contribution is 6.33. The lowest BCUT2D eigenvalue weighted by atomic mass is 10.1. The van der Waals surface area contributed by atoms with Gasteiger partial charge in [-0.05, 0) is 6.92 Å². The topological polar surface area (TPSA) is 89.7 Å². The number of fused-ring (bicyclic) bond motifs is 1. The number of rotatable bonds is 2. The van der Waals surface area contributed by atoms with Crippen molar-refractivity contribution < 1.29 is 19.6 Å². The molecule has 1 N–H and O–H groups in total. The summed E-state index contributed by atoms with van der Waals surface area (Å²) in [6.45, 7) is 1.50. The van der Waals surface area contributed by atoms with Crippen molar-refractivity contribution in [3.8, 4) is 5.75 Å². The summed E-state index contributed by atoms with van der Waals surface area (Å²) in [7, 11) is 0. The molecule has 0 saturated heterocycles. The molecular weight excluding hydrogens is 250 g/mol. The molecule has 90 valence electrons. The van der Waals surface area contributed by atoms with Crippen molar-refractivity contribution in [1.29, 1.82) is 0 Å². The van der Waals surface area contributed by atoms with Crippen molar-refractivity contribution >= 4 is 23.3 Å². The minimum absolute atomic E-state index is 0.0888.